The molecule has 33 heavy (non-hydrogen) atoms. The molecule has 0 aromatic heterocycles. The SMILES string of the molecule is CC1CN(Cc2ccccc2)CCC/C=C\1c1ccc(CCN2CCC3C=CC=CC32)cc1. The number of allylic oxidation sites excluding steroid dienone is 3. The van der Waals surface area contributed by atoms with Gasteiger partial charge in [0.15, 0.2) is 0 Å². The summed E-state index contributed by atoms with van der Waals surface area (Å²) in [6.45, 7) is 8.16. The zero-order chi connectivity index (χ0) is 22.5. The molecule has 2 aromatic carbocycles. The molecule has 0 saturated carbocycles. The summed E-state index contributed by atoms with van der Waals surface area (Å²) in [6.07, 6.45) is 16.6. The molecular formula is C31H38N2. The Morgan fingerprint density at radius 2 is 1.70 bits per heavy atom. The van der Waals surface area contributed by atoms with Crippen molar-refractivity contribution in [3.63, 3.8) is 0 Å². The van der Waals surface area contributed by atoms with E-state index in [4.69, 9.17) is 0 Å². The van der Waals surface area contributed by atoms with E-state index in [1.807, 2.05) is 0 Å². The fourth-order valence-electron chi connectivity index (χ4n) is 5.90. The van der Waals surface area contributed by atoms with E-state index in [1.165, 1.54) is 54.6 Å². The van der Waals surface area contributed by atoms with Crippen LogP contribution in [0.5, 0.6) is 0 Å². The standard InChI is InChI=1S/C31H38N2/c1-25-23-32(24-27-9-3-2-4-10-27)20-8-7-12-30(25)28-16-14-26(15-17-28)18-21-33-22-19-29-11-5-6-13-31(29)33/h2-6,9-17,25,29,31H,7-8,18-24H2,1H3/b30-12+. The van der Waals surface area contributed by atoms with Gasteiger partial charge in [-0.25, -0.2) is 0 Å². The predicted octanol–water partition coefficient (Wildman–Crippen LogP) is 6.36. The molecule has 0 amide bonds. The molecule has 0 bridgehead atoms. The van der Waals surface area contributed by atoms with Crippen LogP contribution in [0.1, 0.15) is 42.9 Å². The summed E-state index contributed by atoms with van der Waals surface area (Å²) in [6, 6.07) is 21.0. The van der Waals surface area contributed by atoms with Gasteiger partial charge in [-0.2, -0.15) is 0 Å². The van der Waals surface area contributed by atoms with Crippen LogP contribution in [0.15, 0.2) is 85.0 Å². The molecule has 1 fully saturated rings. The summed E-state index contributed by atoms with van der Waals surface area (Å²) in [7, 11) is 0. The van der Waals surface area contributed by atoms with Crippen LogP contribution in [0.25, 0.3) is 5.57 Å². The van der Waals surface area contributed by atoms with Crippen LogP contribution >= 0.6 is 0 Å². The summed E-state index contributed by atoms with van der Waals surface area (Å²) in [5.74, 6) is 1.28. The summed E-state index contributed by atoms with van der Waals surface area (Å²) < 4.78 is 0. The Balaban J connectivity index is 1.19. The van der Waals surface area contributed by atoms with Gasteiger partial charge in [0.05, 0.1) is 0 Å². The second kappa shape index (κ2) is 10.7. The molecule has 3 unspecified atom stereocenters. The fourth-order valence-corrected chi connectivity index (χ4v) is 5.90. The zero-order valence-corrected chi connectivity index (χ0v) is 20.1. The van der Waals surface area contributed by atoms with Gasteiger partial charge in [0.25, 0.3) is 0 Å². The van der Waals surface area contributed by atoms with Gasteiger partial charge in [-0.1, -0.05) is 91.9 Å². The number of likely N-dealkylation sites (tertiary alicyclic amines) is 1. The number of rotatable bonds is 6. The molecule has 0 radical (unpaired) electrons. The molecule has 2 heterocycles. The number of nitrogens with zero attached hydrogens (tertiary/aromatic N) is 2. The third-order valence-corrected chi connectivity index (χ3v) is 7.72. The monoisotopic (exact) mass is 438 g/mol. The lowest BCUT2D eigenvalue weighted by molar-refractivity contribution is 0.242. The molecule has 172 valence electrons. The molecule has 2 aliphatic heterocycles. The molecule has 0 N–H and O–H groups in total. The summed E-state index contributed by atoms with van der Waals surface area (Å²) >= 11 is 0. The number of hydrogen-bond donors (Lipinski definition) is 0. The van der Waals surface area contributed by atoms with Gasteiger partial charge in [0.2, 0.25) is 0 Å². The quantitative estimate of drug-likeness (QED) is 0.518. The average Bonchev–Trinajstić information content (AvgIpc) is 3.26. The zero-order valence-electron chi connectivity index (χ0n) is 20.1. The minimum Gasteiger partial charge on any atom is -0.298 e. The van der Waals surface area contributed by atoms with Gasteiger partial charge in [-0.15, -0.1) is 0 Å². The molecule has 2 heteroatoms. The molecule has 2 aromatic rings. The van der Waals surface area contributed by atoms with E-state index in [-0.39, 0.29) is 0 Å². The van der Waals surface area contributed by atoms with Gasteiger partial charge >= 0.3 is 0 Å². The minimum atomic E-state index is 0.549. The third kappa shape index (κ3) is 5.57. The van der Waals surface area contributed by atoms with E-state index >= 15 is 0 Å². The smallest absolute Gasteiger partial charge is 0.0344 e. The van der Waals surface area contributed by atoms with Gasteiger partial charge < -0.3 is 0 Å². The number of fused-ring (bicyclic) bond motifs is 1. The third-order valence-electron chi connectivity index (χ3n) is 7.72. The van der Waals surface area contributed by atoms with Crippen molar-refractivity contribution in [3.8, 4) is 0 Å². The van der Waals surface area contributed by atoms with E-state index < -0.39 is 0 Å². The van der Waals surface area contributed by atoms with Crippen LogP contribution in [-0.2, 0) is 13.0 Å². The van der Waals surface area contributed by atoms with Crippen LogP contribution in [-0.4, -0.2) is 42.0 Å². The summed E-state index contributed by atoms with van der Waals surface area (Å²) in [4.78, 5) is 5.30. The van der Waals surface area contributed by atoms with Crippen molar-refractivity contribution < 1.29 is 0 Å². The Kier molecular flexibility index (Phi) is 7.24. The first-order valence-electron chi connectivity index (χ1n) is 12.9. The van der Waals surface area contributed by atoms with Crippen molar-refractivity contribution in [3.05, 3.63) is 102 Å². The lowest BCUT2D eigenvalue weighted by Crippen LogP contribution is -2.33. The van der Waals surface area contributed by atoms with Crippen LogP contribution in [0, 0.1) is 11.8 Å². The normalized spacial score (nSPS) is 27.5. The van der Waals surface area contributed by atoms with Crippen LogP contribution in [0.4, 0.5) is 0 Å². The fraction of sp³-hybridized carbons (Fsp3) is 0.419. The highest BCUT2D eigenvalue weighted by Crippen LogP contribution is 2.30. The van der Waals surface area contributed by atoms with Crippen molar-refractivity contribution in [2.75, 3.05) is 26.2 Å². The van der Waals surface area contributed by atoms with Crippen molar-refractivity contribution in [1.82, 2.24) is 9.80 Å². The number of hydrogen-bond acceptors (Lipinski definition) is 2. The second-order valence-corrected chi connectivity index (χ2v) is 10.1. The maximum absolute atomic E-state index is 2.67. The van der Waals surface area contributed by atoms with Crippen molar-refractivity contribution >= 4 is 5.57 Å². The van der Waals surface area contributed by atoms with Crippen LogP contribution < -0.4 is 0 Å². The Bertz CT molecular complexity index is 985. The Morgan fingerprint density at radius 3 is 2.55 bits per heavy atom. The summed E-state index contributed by atoms with van der Waals surface area (Å²) in [5, 5.41) is 0. The Morgan fingerprint density at radius 1 is 0.879 bits per heavy atom. The molecular weight excluding hydrogens is 400 g/mol. The van der Waals surface area contributed by atoms with Crippen LogP contribution in [0.3, 0.4) is 0 Å². The Hall–Kier alpha value is -2.42. The predicted molar refractivity (Wildman–Crippen MR) is 140 cm³/mol. The highest BCUT2D eigenvalue weighted by Gasteiger charge is 2.31. The van der Waals surface area contributed by atoms with Gasteiger partial charge in [-0.05, 0) is 72.9 Å². The average molecular weight is 439 g/mol. The molecule has 5 rings (SSSR count). The summed E-state index contributed by atoms with van der Waals surface area (Å²) in [5.41, 5.74) is 5.82. The van der Waals surface area contributed by atoms with Gasteiger partial charge in [0.1, 0.15) is 0 Å². The number of benzene rings is 2. The van der Waals surface area contributed by atoms with E-state index in [2.05, 4.69) is 102 Å². The highest BCUT2D eigenvalue weighted by molar-refractivity contribution is 5.67. The lowest BCUT2D eigenvalue weighted by atomic mass is 9.90. The topological polar surface area (TPSA) is 6.48 Å². The van der Waals surface area contributed by atoms with Gasteiger partial charge in [0, 0.05) is 25.7 Å². The van der Waals surface area contributed by atoms with E-state index in [0.29, 0.717) is 12.0 Å². The van der Waals surface area contributed by atoms with E-state index in [9.17, 15) is 0 Å². The minimum absolute atomic E-state index is 0.549. The first-order chi connectivity index (χ1) is 16.3. The van der Waals surface area contributed by atoms with Crippen LogP contribution in [0.2, 0.25) is 0 Å². The van der Waals surface area contributed by atoms with Crippen molar-refractivity contribution in [1.29, 1.82) is 0 Å². The Labute approximate surface area is 200 Å². The van der Waals surface area contributed by atoms with Gasteiger partial charge in [-0.3, -0.25) is 9.80 Å². The molecule has 2 nitrogen and oxygen atoms in total. The second-order valence-electron chi connectivity index (χ2n) is 10.1. The largest absolute Gasteiger partial charge is 0.298 e. The van der Waals surface area contributed by atoms with Crippen molar-refractivity contribution in [2.24, 2.45) is 11.8 Å². The molecule has 3 aliphatic rings. The molecule has 0 spiro atoms. The lowest BCUT2D eigenvalue weighted by Gasteiger charge is -2.29. The maximum atomic E-state index is 2.67. The first kappa shape index (κ1) is 22.4. The highest BCUT2D eigenvalue weighted by atomic mass is 15.2. The van der Waals surface area contributed by atoms with Crippen molar-refractivity contribution in [2.45, 2.75) is 45.2 Å². The molecule has 1 aliphatic carbocycles. The molecule has 1 saturated heterocycles. The first-order valence-corrected chi connectivity index (χ1v) is 12.9. The van der Waals surface area contributed by atoms with E-state index in [0.717, 1.165) is 32.0 Å². The molecule has 3 atom stereocenters. The maximum Gasteiger partial charge on any atom is 0.0344 e. The van der Waals surface area contributed by atoms with E-state index in [1.54, 1.807) is 0 Å².